The highest BCUT2D eigenvalue weighted by Crippen LogP contribution is 2.43. The molecule has 0 aliphatic rings. The van der Waals surface area contributed by atoms with Gasteiger partial charge in [-0.3, -0.25) is 23.4 Å². The van der Waals surface area contributed by atoms with Crippen LogP contribution in [-0.4, -0.2) is 66.5 Å². The lowest BCUT2D eigenvalue weighted by atomic mass is 10.0. The van der Waals surface area contributed by atoms with Gasteiger partial charge in [0.2, 0.25) is 0 Å². The van der Waals surface area contributed by atoms with Gasteiger partial charge in [-0.25, -0.2) is 4.57 Å². The molecule has 430 valence electrons. The predicted molar refractivity (Wildman–Crippen MR) is 307 cm³/mol. The first-order valence-corrected chi connectivity index (χ1v) is 31.7. The molecule has 2 N–H and O–H groups in total. The summed E-state index contributed by atoms with van der Waals surface area (Å²) in [5, 5.41) is 9.81. The van der Waals surface area contributed by atoms with Gasteiger partial charge in [-0.1, -0.05) is 236 Å². The molecule has 0 heterocycles. The van der Waals surface area contributed by atoms with Gasteiger partial charge in [0.05, 0.1) is 19.8 Å². The molecule has 0 rings (SSSR count). The van der Waals surface area contributed by atoms with Crippen LogP contribution in [0.25, 0.3) is 0 Å². The third-order valence-corrected chi connectivity index (χ3v) is 13.9. The highest BCUT2D eigenvalue weighted by Gasteiger charge is 2.28. The van der Waals surface area contributed by atoms with Crippen LogP contribution >= 0.6 is 7.82 Å². The number of hydrogen-bond donors (Lipinski definition) is 2. The van der Waals surface area contributed by atoms with E-state index in [1.54, 1.807) is 0 Å². The molecule has 0 aliphatic heterocycles. The summed E-state index contributed by atoms with van der Waals surface area (Å²) < 4.78 is 39.6. The summed E-state index contributed by atoms with van der Waals surface area (Å²) in [6.45, 7) is 4.52. The van der Waals surface area contributed by atoms with Crippen molar-refractivity contribution in [3.8, 4) is 0 Å². The number of phosphoric ester groups is 1. The molecule has 0 aromatic rings. The van der Waals surface area contributed by atoms with Crippen LogP contribution < -0.4 is 0 Å². The lowest BCUT2D eigenvalue weighted by molar-refractivity contribution is -0.161. The Balaban J connectivity index is 4.74. The molecule has 0 amide bonds. The summed E-state index contributed by atoms with van der Waals surface area (Å²) in [4.78, 5) is 48.6. The monoisotopic (exact) mass is 1060 g/mol. The molecule has 0 aromatic carbocycles. The van der Waals surface area contributed by atoms with Crippen LogP contribution in [0.15, 0.2) is 60.8 Å². The summed E-state index contributed by atoms with van der Waals surface area (Å²) in [7, 11) is -4.75. The van der Waals surface area contributed by atoms with E-state index in [4.69, 9.17) is 23.3 Å². The van der Waals surface area contributed by atoms with Crippen molar-refractivity contribution in [3.05, 3.63) is 60.8 Å². The summed E-state index contributed by atoms with van der Waals surface area (Å²) in [5.41, 5.74) is 0. The molecule has 11 nitrogen and oxygen atoms in total. The number of phosphoric acid groups is 1. The number of hydrogen-bond acceptors (Lipinski definition) is 10. The van der Waals surface area contributed by atoms with Crippen molar-refractivity contribution in [3.63, 3.8) is 0 Å². The minimum Gasteiger partial charge on any atom is -0.462 e. The Morgan fingerprint density at radius 3 is 1.11 bits per heavy atom. The van der Waals surface area contributed by atoms with Gasteiger partial charge in [0.1, 0.15) is 12.7 Å². The molecule has 0 saturated carbocycles. The van der Waals surface area contributed by atoms with Crippen molar-refractivity contribution in [1.29, 1.82) is 0 Å². The van der Waals surface area contributed by atoms with E-state index in [1.165, 1.54) is 109 Å². The zero-order chi connectivity index (χ0) is 54.1. The number of unbranched alkanes of at least 4 members (excludes halogenated alkanes) is 29. The Bertz CT molecular complexity index is 1470. The standard InChI is InChI=1S/C62H111O11P/c1-4-7-10-13-16-19-22-25-27-29-31-34-36-39-42-45-48-51-60(64)69-55-59(73-62(66)53-50-47-44-41-38-35-32-30-28-26-23-20-17-14-11-8-5-2)57-71-74(67,68)70-56-58(54-63)72-61(65)52-49-46-43-40-37-33-24-21-18-15-12-9-6-3/h7,10,16,19,21,24-25,27,31,34,58-59,63H,4-6,8-9,11-15,17-18,20,22-23,26,28-30,32-33,35-57H2,1-3H3,(H,67,68)/b10-7-,19-16-,24-21-,27-25-,34-31-. The molecule has 0 saturated heterocycles. The number of aliphatic hydroxyl groups is 1. The minimum absolute atomic E-state index is 0.164. The van der Waals surface area contributed by atoms with Gasteiger partial charge in [-0.15, -0.1) is 0 Å². The molecule has 0 bridgehead atoms. The van der Waals surface area contributed by atoms with Crippen LogP contribution in [0.4, 0.5) is 0 Å². The van der Waals surface area contributed by atoms with Crippen molar-refractivity contribution < 1.29 is 52.2 Å². The summed E-state index contributed by atoms with van der Waals surface area (Å²) in [6, 6.07) is 0. The highest BCUT2D eigenvalue weighted by molar-refractivity contribution is 7.47. The van der Waals surface area contributed by atoms with Crippen LogP contribution in [-0.2, 0) is 42.2 Å². The van der Waals surface area contributed by atoms with Crippen molar-refractivity contribution in [2.75, 3.05) is 26.4 Å². The summed E-state index contributed by atoms with van der Waals surface area (Å²) >= 11 is 0. The van der Waals surface area contributed by atoms with Crippen molar-refractivity contribution in [2.24, 2.45) is 0 Å². The fourth-order valence-corrected chi connectivity index (χ4v) is 9.13. The third kappa shape index (κ3) is 54.0. The number of rotatable bonds is 56. The van der Waals surface area contributed by atoms with Gasteiger partial charge in [0.25, 0.3) is 0 Å². The number of allylic oxidation sites excluding steroid dienone is 10. The first-order chi connectivity index (χ1) is 36.2. The van der Waals surface area contributed by atoms with Crippen LogP contribution in [0.1, 0.15) is 278 Å². The van der Waals surface area contributed by atoms with E-state index in [2.05, 4.69) is 81.5 Å². The Kier molecular flexibility index (Phi) is 54.2. The molecular formula is C62H111O11P. The summed E-state index contributed by atoms with van der Waals surface area (Å²) in [5.74, 6) is -1.49. The van der Waals surface area contributed by atoms with Gasteiger partial charge >= 0.3 is 25.7 Å². The number of carbonyl (C=O) groups is 3. The van der Waals surface area contributed by atoms with Crippen molar-refractivity contribution >= 4 is 25.7 Å². The normalized spacial score (nSPS) is 13.7. The number of carbonyl (C=O) groups excluding carboxylic acids is 3. The van der Waals surface area contributed by atoms with Crippen LogP contribution in [0.2, 0.25) is 0 Å². The molecule has 0 spiro atoms. The van der Waals surface area contributed by atoms with Gasteiger partial charge in [-0.05, 0) is 83.5 Å². The predicted octanol–water partition coefficient (Wildman–Crippen LogP) is 17.9. The lowest BCUT2D eigenvalue weighted by Gasteiger charge is -2.21. The SMILES string of the molecule is CC/C=C\C/C=C\C/C=C\C/C=C\CCCCCCC(=O)OCC(COP(=O)(O)OCC(CO)OC(=O)CCCCCCC/C=C\CCCCCC)OC(=O)CCCCCCCCCCCCCCCCCCC. The quantitative estimate of drug-likeness (QED) is 0.0197. The van der Waals surface area contributed by atoms with E-state index < -0.39 is 57.8 Å². The third-order valence-electron chi connectivity index (χ3n) is 12.9. The molecule has 3 unspecified atom stereocenters. The number of ether oxygens (including phenoxy) is 3. The molecule has 0 aromatic heterocycles. The fraction of sp³-hybridized carbons (Fsp3) is 0.790. The van der Waals surface area contributed by atoms with Gasteiger partial charge in [-0.2, -0.15) is 0 Å². The van der Waals surface area contributed by atoms with Gasteiger partial charge < -0.3 is 24.2 Å². The molecule has 3 atom stereocenters. The maximum atomic E-state index is 12.9. The van der Waals surface area contributed by atoms with Crippen LogP contribution in [0.5, 0.6) is 0 Å². The second kappa shape index (κ2) is 56.4. The smallest absolute Gasteiger partial charge is 0.462 e. The second-order valence-corrected chi connectivity index (χ2v) is 21.6. The zero-order valence-electron chi connectivity index (χ0n) is 47.6. The zero-order valence-corrected chi connectivity index (χ0v) is 48.5. The highest BCUT2D eigenvalue weighted by atomic mass is 31.2. The van der Waals surface area contributed by atoms with Gasteiger partial charge in [0, 0.05) is 19.3 Å². The van der Waals surface area contributed by atoms with Crippen LogP contribution in [0.3, 0.4) is 0 Å². The van der Waals surface area contributed by atoms with Crippen molar-refractivity contribution in [2.45, 2.75) is 290 Å². The largest absolute Gasteiger partial charge is 0.472 e. The molecule has 12 heteroatoms. The topological polar surface area (TPSA) is 155 Å². The molecule has 0 aliphatic carbocycles. The van der Waals surface area contributed by atoms with E-state index in [0.717, 1.165) is 109 Å². The maximum absolute atomic E-state index is 12.9. The second-order valence-electron chi connectivity index (χ2n) is 20.1. The fourth-order valence-electron chi connectivity index (χ4n) is 8.34. The first-order valence-electron chi connectivity index (χ1n) is 30.2. The van der Waals surface area contributed by atoms with Gasteiger partial charge in [0.15, 0.2) is 6.10 Å². The Hall–Kier alpha value is -2.82. The van der Waals surface area contributed by atoms with E-state index in [0.29, 0.717) is 19.3 Å². The van der Waals surface area contributed by atoms with Crippen molar-refractivity contribution in [1.82, 2.24) is 0 Å². The molecule has 0 radical (unpaired) electrons. The Morgan fingerprint density at radius 2 is 0.703 bits per heavy atom. The van der Waals surface area contributed by atoms with Crippen LogP contribution in [0, 0.1) is 0 Å². The Labute approximate surface area is 453 Å². The molecular weight excluding hydrogens is 952 g/mol. The maximum Gasteiger partial charge on any atom is 0.472 e. The van der Waals surface area contributed by atoms with E-state index in [-0.39, 0.29) is 25.9 Å². The lowest BCUT2D eigenvalue weighted by Crippen LogP contribution is -2.30. The number of aliphatic hydroxyl groups excluding tert-OH is 1. The van der Waals surface area contributed by atoms with E-state index in [1.807, 2.05) is 0 Å². The molecule has 74 heavy (non-hydrogen) atoms. The Morgan fingerprint density at radius 1 is 0.392 bits per heavy atom. The van der Waals surface area contributed by atoms with E-state index >= 15 is 0 Å². The number of esters is 3. The minimum atomic E-state index is -4.75. The average molecular weight is 1060 g/mol. The average Bonchev–Trinajstić information content (AvgIpc) is 3.39. The summed E-state index contributed by atoms with van der Waals surface area (Å²) in [6.07, 6.45) is 61.7. The van der Waals surface area contributed by atoms with E-state index in [9.17, 15) is 28.9 Å². The molecule has 0 fully saturated rings. The first kappa shape index (κ1) is 71.2.